The molecular formula is C13H13N3O. The van der Waals surface area contributed by atoms with Gasteiger partial charge in [0.05, 0.1) is 0 Å². The fraction of sp³-hybridized carbons (Fsp3) is 0.308. The number of hydrogen-bond donors (Lipinski definition) is 0. The number of Topliss-reactive ketones (excluding diaryl/α,β-unsaturated/α-hetero) is 1. The Balaban J connectivity index is 2.55. The van der Waals surface area contributed by atoms with Crippen molar-refractivity contribution in [1.29, 1.82) is 0 Å². The molecule has 0 atom stereocenters. The number of ketones is 1. The topological polar surface area (TPSA) is 65.8 Å². The Bertz CT molecular complexity index is 488. The summed E-state index contributed by atoms with van der Waals surface area (Å²) >= 11 is 0. The van der Waals surface area contributed by atoms with Crippen molar-refractivity contribution in [2.24, 2.45) is 5.11 Å². The number of azide groups is 1. The predicted molar refractivity (Wildman–Crippen MR) is 66.3 cm³/mol. The lowest BCUT2D eigenvalue weighted by molar-refractivity contribution is -0.116. The second-order valence-electron chi connectivity index (χ2n) is 3.58. The van der Waals surface area contributed by atoms with E-state index in [1.54, 1.807) is 6.92 Å². The number of rotatable bonds is 4. The maximum atomic E-state index is 10.9. The highest BCUT2D eigenvalue weighted by atomic mass is 16.1. The van der Waals surface area contributed by atoms with Gasteiger partial charge in [0.2, 0.25) is 0 Å². The quantitative estimate of drug-likeness (QED) is 0.256. The molecule has 0 saturated heterocycles. The van der Waals surface area contributed by atoms with E-state index in [2.05, 4.69) is 21.9 Å². The molecule has 0 aliphatic rings. The Hall–Kier alpha value is -2.24. The molecule has 0 spiro atoms. The lowest BCUT2D eigenvalue weighted by Gasteiger charge is -1.97. The van der Waals surface area contributed by atoms with E-state index in [4.69, 9.17) is 5.53 Å². The zero-order valence-electron chi connectivity index (χ0n) is 9.68. The van der Waals surface area contributed by atoms with E-state index in [0.717, 1.165) is 11.1 Å². The van der Waals surface area contributed by atoms with Gasteiger partial charge < -0.3 is 0 Å². The average Bonchev–Trinajstić information content (AvgIpc) is 2.30. The van der Waals surface area contributed by atoms with E-state index in [0.29, 0.717) is 19.4 Å². The number of hydrogen-bond acceptors (Lipinski definition) is 2. The molecule has 17 heavy (non-hydrogen) atoms. The summed E-state index contributed by atoms with van der Waals surface area (Å²) in [5, 5.41) is 3.39. The molecule has 0 bridgehead atoms. The summed E-state index contributed by atoms with van der Waals surface area (Å²) in [7, 11) is 0. The van der Waals surface area contributed by atoms with Gasteiger partial charge in [0, 0.05) is 29.9 Å². The molecule has 0 fully saturated rings. The maximum Gasteiger partial charge on any atom is 0.134 e. The molecule has 86 valence electrons. The summed E-state index contributed by atoms with van der Waals surface area (Å²) < 4.78 is 0. The Labute approximate surface area is 100 Å². The van der Waals surface area contributed by atoms with Gasteiger partial charge >= 0.3 is 0 Å². The lowest BCUT2D eigenvalue weighted by Crippen LogP contribution is -1.95. The summed E-state index contributed by atoms with van der Waals surface area (Å²) in [6, 6.07) is 7.58. The molecule has 0 aromatic heterocycles. The molecule has 0 unspecified atom stereocenters. The highest BCUT2D eigenvalue weighted by molar-refractivity contribution is 5.78. The maximum absolute atomic E-state index is 10.9. The zero-order chi connectivity index (χ0) is 12.5. The van der Waals surface area contributed by atoms with Crippen molar-refractivity contribution in [2.45, 2.75) is 19.8 Å². The van der Waals surface area contributed by atoms with Crippen molar-refractivity contribution in [3.8, 4) is 11.8 Å². The highest BCUT2D eigenvalue weighted by Gasteiger charge is 1.96. The number of carbonyl (C=O) groups excluding carboxylic acids is 1. The van der Waals surface area contributed by atoms with Gasteiger partial charge in [-0.05, 0) is 30.2 Å². The second-order valence-corrected chi connectivity index (χ2v) is 3.58. The highest BCUT2D eigenvalue weighted by Crippen LogP contribution is 2.04. The first-order chi connectivity index (χ1) is 8.22. The molecule has 0 N–H and O–H groups in total. The minimum atomic E-state index is 0.151. The molecule has 0 saturated carbocycles. The molecule has 0 radical (unpaired) electrons. The van der Waals surface area contributed by atoms with Crippen LogP contribution in [0.4, 0.5) is 0 Å². The zero-order valence-corrected chi connectivity index (χ0v) is 9.68. The van der Waals surface area contributed by atoms with Crippen LogP contribution >= 0.6 is 0 Å². The molecule has 1 rings (SSSR count). The normalized spacial score (nSPS) is 8.76. The first-order valence-corrected chi connectivity index (χ1v) is 5.30. The van der Waals surface area contributed by atoms with Crippen LogP contribution in [0.5, 0.6) is 0 Å². The predicted octanol–water partition coefficient (Wildman–Crippen LogP) is 2.87. The van der Waals surface area contributed by atoms with E-state index in [1.165, 1.54) is 0 Å². The average molecular weight is 227 g/mol. The Morgan fingerprint density at radius 3 is 2.71 bits per heavy atom. The third kappa shape index (κ3) is 5.41. The van der Waals surface area contributed by atoms with Crippen molar-refractivity contribution in [1.82, 2.24) is 0 Å². The van der Waals surface area contributed by atoms with Crippen molar-refractivity contribution in [3.63, 3.8) is 0 Å². The van der Waals surface area contributed by atoms with Crippen molar-refractivity contribution in [2.75, 3.05) is 6.54 Å². The molecule has 0 aliphatic heterocycles. The second kappa shape index (κ2) is 7.10. The first kappa shape index (κ1) is 12.8. The molecule has 0 amide bonds. The fourth-order valence-electron chi connectivity index (χ4n) is 1.31. The van der Waals surface area contributed by atoms with Gasteiger partial charge in [0.25, 0.3) is 0 Å². The SMILES string of the molecule is CC(=O)Cc1ccc(C#CCCN=[N+]=[N-])cc1. The van der Waals surface area contributed by atoms with E-state index in [1.807, 2.05) is 24.3 Å². The Morgan fingerprint density at radius 2 is 2.12 bits per heavy atom. The molecule has 0 aliphatic carbocycles. The summed E-state index contributed by atoms with van der Waals surface area (Å²) in [6.45, 7) is 1.97. The van der Waals surface area contributed by atoms with Crippen LogP contribution in [-0.2, 0) is 11.2 Å². The van der Waals surface area contributed by atoms with Gasteiger partial charge in [-0.2, -0.15) is 0 Å². The van der Waals surface area contributed by atoms with Gasteiger partial charge in [-0.3, -0.25) is 4.79 Å². The largest absolute Gasteiger partial charge is 0.300 e. The molecule has 0 heterocycles. The van der Waals surface area contributed by atoms with Gasteiger partial charge in [0.1, 0.15) is 5.78 Å². The van der Waals surface area contributed by atoms with E-state index >= 15 is 0 Å². The number of benzene rings is 1. The first-order valence-electron chi connectivity index (χ1n) is 5.30. The van der Waals surface area contributed by atoms with Crippen LogP contribution in [0.1, 0.15) is 24.5 Å². The van der Waals surface area contributed by atoms with Crippen molar-refractivity contribution >= 4 is 5.78 Å². The lowest BCUT2D eigenvalue weighted by atomic mass is 10.1. The summed E-state index contributed by atoms with van der Waals surface area (Å²) in [6.07, 6.45) is 1.02. The van der Waals surface area contributed by atoms with Crippen LogP contribution in [0, 0.1) is 11.8 Å². The van der Waals surface area contributed by atoms with E-state index in [9.17, 15) is 4.79 Å². The number of nitrogens with zero attached hydrogens (tertiary/aromatic N) is 3. The summed E-state index contributed by atoms with van der Waals surface area (Å²) in [5.41, 5.74) is 9.97. The van der Waals surface area contributed by atoms with Crippen LogP contribution in [0.2, 0.25) is 0 Å². The molecule has 4 heteroatoms. The van der Waals surface area contributed by atoms with Crippen LogP contribution in [0.15, 0.2) is 29.4 Å². The molecule has 1 aromatic carbocycles. The van der Waals surface area contributed by atoms with Crippen LogP contribution in [0.3, 0.4) is 0 Å². The van der Waals surface area contributed by atoms with Gasteiger partial charge in [0.15, 0.2) is 0 Å². The summed E-state index contributed by atoms with van der Waals surface area (Å²) in [5.74, 6) is 6.03. The van der Waals surface area contributed by atoms with Crippen LogP contribution < -0.4 is 0 Å². The standard InChI is InChI=1S/C13H13N3O/c1-11(17)10-13-7-5-12(6-8-13)4-2-3-9-15-16-14/h5-8H,3,9-10H2,1H3. The summed E-state index contributed by atoms with van der Waals surface area (Å²) in [4.78, 5) is 13.5. The van der Waals surface area contributed by atoms with E-state index < -0.39 is 0 Å². The smallest absolute Gasteiger partial charge is 0.134 e. The Morgan fingerprint density at radius 1 is 1.41 bits per heavy atom. The van der Waals surface area contributed by atoms with Crippen LogP contribution in [-0.4, -0.2) is 12.3 Å². The Kier molecular flexibility index (Phi) is 5.36. The third-order valence-electron chi connectivity index (χ3n) is 2.04. The minimum absolute atomic E-state index is 0.151. The monoisotopic (exact) mass is 227 g/mol. The van der Waals surface area contributed by atoms with E-state index in [-0.39, 0.29) is 5.78 Å². The molecular weight excluding hydrogens is 214 g/mol. The number of carbonyl (C=O) groups is 1. The van der Waals surface area contributed by atoms with Crippen molar-refractivity contribution < 1.29 is 4.79 Å². The molecule has 1 aromatic rings. The fourth-order valence-corrected chi connectivity index (χ4v) is 1.31. The third-order valence-corrected chi connectivity index (χ3v) is 2.04. The minimum Gasteiger partial charge on any atom is -0.300 e. The molecule has 4 nitrogen and oxygen atoms in total. The van der Waals surface area contributed by atoms with Crippen LogP contribution in [0.25, 0.3) is 10.4 Å². The van der Waals surface area contributed by atoms with Gasteiger partial charge in [-0.1, -0.05) is 29.1 Å². The van der Waals surface area contributed by atoms with Gasteiger partial charge in [-0.15, -0.1) is 0 Å². The van der Waals surface area contributed by atoms with Crippen molar-refractivity contribution in [3.05, 3.63) is 45.8 Å². The van der Waals surface area contributed by atoms with Gasteiger partial charge in [-0.25, -0.2) is 0 Å².